The number of ketones is 1. The zero-order valence-corrected chi connectivity index (χ0v) is 8.66. The van der Waals surface area contributed by atoms with Gasteiger partial charge in [0.05, 0.1) is 0 Å². The highest BCUT2D eigenvalue weighted by Gasteiger charge is 2.07. The summed E-state index contributed by atoms with van der Waals surface area (Å²) in [6.07, 6.45) is 1.36. The molecule has 0 bridgehead atoms. The Kier molecular flexibility index (Phi) is 2.38. The standard InChI is InChI=1S/C14H12O/c1-3-14(15)13-9-8-10(2)11-6-4-5-7-12(11)13/h3-9H,1H2,2H3. The summed E-state index contributed by atoms with van der Waals surface area (Å²) < 4.78 is 0. The molecule has 0 aliphatic rings. The van der Waals surface area contributed by atoms with Gasteiger partial charge < -0.3 is 0 Å². The van der Waals surface area contributed by atoms with Crippen LogP contribution < -0.4 is 0 Å². The van der Waals surface area contributed by atoms with Crippen LogP contribution >= 0.6 is 0 Å². The molecule has 2 aromatic rings. The molecule has 0 spiro atoms. The van der Waals surface area contributed by atoms with Crippen molar-refractivity contribution < 1.29 is 4.79 Å². The zero-order chi connectivity index (χ0) is 10.8. The molecule has 0 atom stereocenters. The topological polar surface area (TPSA) is 17.1 Å². The molecule has 0 aliphatic carbocycles. The van der Waals surface area contributed by atoms with Crippen molar-refractivity contribution >= 4 is 16.6 Å². The first-order valence-electron chi connectivity index (χ1n) is 4.89. The lowest BCUT2D eigenvalue weighted by atomic mass is 9.98. The number of rotatable bonds is 2. The second-order valence-corrected chi connectivity index (χ2v) is 3.54. The third kappa shape index (κ3) is 1.57. The highest BCUT2D eigenvalue weighted by atomic mass is 16.1. The van der Waals surface area contributed by atoms with Gasteiger partial charge in [-0.3, -0.25) is 4.79 Å². The molecule has 0 saturated carbocycles. The minimum atomic E-state index is -0.0220. The molecule has 0 aromatic heterocycles. The summed E-state index contributed by atoms with van der Waals surface area (Å²) in [5, 5.41) is 2.13. The van der Waals surface area contributed by atoms with E-state index in [1.54, 1.807) is 0 Å². The largest absolute Gasteiger partial charge is 0.289 e. The first-order valence-corrected chi connectivity index (χ1v) is 4.89. The number of aryl methyl sites for hydroxylation is 1. The molecule has 0 fully saturated rings. The van der Waals surface area contributed by atoms with E-state index in [1.807, 2.05) is 43.3 Å². The summed E-state index contributed by atoms with van der Waals surface area (Å²) in [6, 6.07) is 11.8. The molecule has 1 heteroatoms. The molecule has 0 amide bonds. The number of allylic oxidation sites excluding steroid dienone is 1. The van der Waals surface area contributed by atoms with E-state index >= 15 is 0 Å². The number of hydrogen-bond acceptors (Lipinski definition) is 1. The van der Waals surface area contributed by atoms with Gasteiger partial charge in [-0.15, -0.1) is 0 Å². The van der Waals surface area contributed by atoms with Crippen LogP contribution in [0.4, 0.5) is 0 Å². The number of benzene rings is 2. The third-order valence-corrected chi connectivity index (χ3v) is 2.59. The van der Waals surface area contributed by atoms with E-state index in [1.165, 1.54) is 11.6 Å². The van der Waals surface area contributed by atoms with E-state index in [9.17, 15) is 4.79 Å². The Morgan fingerprint density at radius 1 is 1.13 bits per heavy atom. The van der Waals surface area contributed by atoms with Crippen LogP contribution in [0.3, 0.4) is 0 Å². The minimum absolute atomic E-state index is 0.0220. The van der Waals surface area contributed by atoms with Crippen molar-refractivity contribution in [1.82, 2.24) is 0 Å². The summed E-state index contributed by atoms with van der Waals surface area (Å²) in [5.74, 6) is -0.0220. The van der Waals surface area contributed by atoms with Crippen LogP contribution in [0.2, 0.25) is 0 Å². The summed E-state index contributed by atoms with van der Waals surface area (Å²) in [7, 11) is 0. The van der Waals surface area contributed by atoms with Gasteiger partial charge in [-0.25, -0.2) is 0 Å². The van der Waals surface area contributed by atoms with E-state index < -0.39 is 0 Å². The van der Waals surface area contributed by atoms with E-state index in [0.717, 1.165) is 16.3 Å². The second-order valence-electron chi connectivity index (χ2n) is 3.54. The van der Waals surface area contributed by atoms with Crippen molar-refractivity contribution in [1.29, 1.82) is 0 Å². The Morgan fingerprint density at radius 3 is 2.47 bits per heavy atom. The minimum Gasteiger partial charge on any atom is -0.289 e. The normalized spacial score (nSPS) is 10.2. The maximum absolute atomic E-state index is 11.6. The lowest BCUT2D eigenvalue weighted by molar-refractivity contribution is 0.104. The molecule has 0 radical (unpaired) electrons. The van der Waals surface area contributed by atoms with Gasteiger partial charge in [0.25, 0.3) is 0 Å². The fraction of sp³-hybridized carbons (Fsp3) is 0.0714. The number of carbonyl (C=O) groups excluding carboxylic acids is 1. The van der Waals surface area contributed by atoms with Crippen LogP contribution in [0, 0.1) is 6.92 Å². The molecule has 15 heavy (non-hydrogen) atoms. The van der Waals surface area contributed by atoms with Gasteiger partial charge in [0.1, 0.15) is 0 Å². The third-order valence-electron chi connectivity index (χ3n) is 2.59. The second kappa shape index (κ2) is 3.70. The number of carbonyl (C=O) groups is 1. The van der Waals surface area contributed by atoms with E-state index in [-0.39, 0.29) is 5.78 Å². The summed E-state index contributed by atoms with van der Waals surface area (Å²) in [6.45, 7) is 5.56. The first kappa shape index (κ1) is 9.66. The lowest BCUT2D eigenvalue weighted by Crippen LogP contribution is -1.95. The molecule has 0 N–H and O–H groups in total. The van der Waals surface area contributed by atoms with E-state index in [2.05, 4.69) is 6.58 Å². The molecular weight excluding hydrogens is 184 g/mol. The van der Waals surface area contributed by atoms with Crippen molar-refractivity contribution in [2.24, 2.45) is 0 Å². The molecule has 0 unspecified atom stereocenters. The Bertz CT molecular complexity index is 538. The molecule has 2 aromatic carbocycles. The molecule has 2 rings (SSSR count). The Labute approximate surface area is 89.0 Å². The Morgan fingerprint density at radius 2 is 1.80 bits per heavy atom. The molecule has 1 nitrogen and oxygen atoms in total. The van der Waals surface area contributed by atoms with Crippen LogP contribution in [0.1, 0.15) is 15.9 Å². The Balaban J connectivity index is 2.83. The average Bonchev–Trinajstić information content (AvgIpc) is 2.29. The van der Waals surface area contributed by atoms with Crippen LogP contribution in [0.15, 0.2) is 49.1 Å². The van der Waals surface area contributed by atoms with Gasteiger partial charge in [0.15, 0.2) is 5.78 Å². The fourth-order valence-electron chi connectivity index (χ4n) is 1.77. The molecule has 0 aliphatic heterocycles. The van der Waals surface area contributed by atoms with Crippen molar-refractivity contribution in [3.8, 4) is 0 Å². The van der Waals surface area contributed by atoms with Crippen molar-refractivity contribution in [3.63, 3.8) is 0 Å². The van der Waals surface area contributed by atoms with E-state index in [4.69, 9.17) is 0 Å². The first-order chi connectivity index (χ1) is 7.24. The van der Waals surface area contributed by atoms with Crippen molar-refractivity contribution in [3.05, 3.63) is 60.2 Å². The predicted octanol–water partition coefficient (Wildman–Crippen LogP) is 3.52. The van der Waals surface area contributed by atoms with Crippen molar-refractivity contribution in [2.45, 2.75) is 6.92 Å². The Hall–Kier alpha value is -1.89. The molecular formula is C14H12O. The highest BCUT2D eigenvalue weighted by Crippen LogP contribution is 2.22. The smallest absolute Gasteiger partial charge is 0.185 e. The molecule has 0 saturated heterocycles. The van der Waals surface area contributed by atoms with Crippen LogP contribution in [0.25, 0.3) is 10.8 Å². The molecule has 0 heterocycles. The van der Waals surface area contributed by atoms with Gasteiger partial charge in [-0.1, -0.05) is 43.0 Å². The number of hydrogen-bond donors (Lipinski definition) is 0. The SMILES string of the molecule is C=CC(=O)c1ccc(C)c2ccccc12. The van der Waals surface area contributed by atoms with Crippen molar-refractivity contribution in [2.75, 3.05) is 0 Å². The van der Waals surface area contributed by atoms with Gasteiger partial charge >= 0.3 is 0 Å². The van der Waals surface area contributed by atoms with Crippen LogP contribution in [-0.2, 0) is 0 Å². The summed E-state index contributed by atoms with van der Waals surface area (Å²) in [5.41, 5.74) is 1.91. The maximum Gasteiger partial charge on any atom is 0.185 e. The van der Waals surface area contributed by atoms with E-state index in [0.29, 0.717) is 0 Å². The average molecular weight is 196 g/mol. The maximum atomic E-state index is 11.6. The van der Waals surface area contributed by atoms with Gasteiger partial charge in [0, 0.05) is 5.56 Å². The van der Waals surface area contributed by atoms with Crippen LogP contribution in [-0.4, -0.2) is 5.78 Å². The monoisotopic (exact) mass is 196 g/mol. The summed E-state index contributed by atoms with van der Waals surface area (Å²) in [4.78, 5) is 11.6. The zero-order valence-electron chi connectivity index (χ0n) is 8.66. The van der Waals surface area contributed by atoms with Crippen LogP contribution in [0.5, 0.6) is 0 Å². The predicted molar refractivity (Wildman–Crippen MR) is 63.2 cm³/mol. The highest BCUT2D eigenvalue weighted by molar-refractivity contribution is 6.13. The van der Waals surface area contributed by atoms with Gasteiger partial charge in [-0.05, 0) is 29.3 Å². The molecule has 74 valence electrons. The summed E-state index contributed by atoms with van der Waals surface area (Å²) >= 11 is 0. The lowest BCUT2D eigenvalue weighted by Gasteiger charge is -2.05. The fourth-order valence-corrected chi connectivity index (χ4v) is 1.77. The van der Waals surface area contributed by atoms with Gasteiger partial charge in [-0.2, -0.15) is 0 Å². The number of fused-ring (bicyclic) bond motifs is 1. The quantitative estimate of drug-likeness (QED) is 0.530. The van der Waals surface area contributed by atoms with Gasteiger partial charge in [0.2, 0.25) is 0 Å².